The predicted octanol–water partition coefficient (Wildman–Crippen LogP) is 4.73. The van der Waals surface area contributed by atoms with Crippen LogP contribution < -0.4 is 4.74 Å². The van der Waals surface area contributed by atoms with Gasteiger partial charge in [-0.15, -0.1) is 0 Å². The van der Waals surface area contributed by atoms with Crippen molar-refractivity contribution in [3.05, 3.63) is 62.0 Å². The predicted molar refractivity (Wildman–Crippen MR) is 78.2 cm³/mol. The molecule has 2 nitrogen and oxygen atoms in total. The van der Waals surface area contributed by atoms with Gasteiger partial charge in [-0.1, -0.05) is 15.9 Å². The van der Waals surface area contributed by atoms with Crippen molar-refractivity contribution < 1.29 is 18.3 Å². The molecule has 2 rings (SSSR count). The Hall–Kier alpha value is -1.27. The molecule has 0 saturated heterocycles. The van der Waals surface area contributed by atoms with E-state index in [1.54, 1.807) is 12.1 Å². The Kier molecular flexibility index (Phi) is 4.55. The number of hydrogen-bond donors (Lipinski definition) is 0. The molecule has 0 radical (unpaired) electrons. The highest BCUT2D eigenvalue weighted by Gasteiger charge is 2.20. The fourth-order valence-electron chi connectivity index (χ4n) is 1.69. The maximum atomic E-state index is 13.8. The van der Waals surface area contributed by atoms with Gasteiger partial charge in [0.1, 0.15) is 17.4 Å². The molecule has 0 aromatic heterocycles. The lowest BCUT2D eigenvalue weighted by Gasteiger charge is -2.09. The van der Waals surface area contributed by atoms with Crippen molar-refractivity contribution in [2.45, 2.75) is 0 Å². The van der Waals surface area contributed by atoms with E-state index in [0.29, 0.717) is 4.47 Å². The van der Waals surface area contributed by atoms with Gasteiger partial charge in [0.25, 0.3) is 0 Å². The molecule has 0 fully saturated rings. The Balaban J connectivity index is 2.54. The average Bonchev–Trinajstić information content (AvgIpc) is 2.42. The Morgan fingerprint density at radius 3 is 2.40 bits per heavy atom. The van der Waals surface area contributed by atoms with Crippen LogP contribution in [0.2, 0.25) is 0 Å². The maximum Gasteiger partial charge on any atom is 0.199 e. The van der Waals surface area contributed by atoms with Gasteiger partial charge >= 0.3 is 0 Å². The molecule has 0 amide bonds. The van der Waals surface area contributed by atoms with E-state index in [0.717, 1.165) is 12.1 Å². The number of ether oxygens (including phenoxy) is 1. The second kappa shape index (κ2) is 6.01. The zero-order valence-corrected chi connectivity index (χ0v) is 13.4. The molecule has 0 spiro atoms. The van der Waals surface area contributed by atoms with E-state index in [-0.39, 0.29) is 21.3 Å². The number of ketones is 1. The fourth-order valence-corrected chi connectivity index (χ4v) is 2.35. The molecule has 0 aliphatic rings. The van der Waals surface area contributed by atoms with Gasteiger partial charge in [-0.3, -0.25) is 4.79 Å². The van der Waals surface area contributed by atoms with Crippen molar-refractivity contribution in [3.8, 4) is 5.75 Å². The number of methoxy groups -OCH3 is 1. The van der Waals surface area contributed by atoms with Crippen LogP contribution in [0.5, 0.6) is 5.75 Å². The first-order chi connectivity index (χ1) is 9.43. The van der Waals surface area contributed by atoms with Crippen molar-refractivity contribution in [2.75, 3.05) is 7.11 Å². The van der Waals surface area contributed by atoms with Crippen LogP contribution in [0.4, 0.5) is 8.78 Å². The van der Waals surface area contributed by atoms with E-state index in [1.165, 1.54) is 13.2 Å². The summed E-state index contributed by atoms with van der Waals surface area (Å²) in [4.78, 5) is 12.3. The van der Waals surface area contributed by atoms with Crippen molar-refractivity contribution in [1.29, 1.82) is 0 Å². The third-order valence-corrected chi connectivity index (χ3v) is 3.76. The second-order valence-electron chi connectivity index (χ2n) is 3.92. The summed E-state index contributed by atoms with van der Waals surface area (Å²) >= 11 is 6.11. The number of benzene rings is 2. The molecule has 0 unspecified atom stereocenters. The van der Waals surface area contributed by atoms with Gasteiger partial charge in [-0.2, -0.15) is 0 Å². The number of carbonyl (C=O) groups excluding carboxylic acids is 1. The minimum atomic E-state index is -0.798. The van der Waals surface area contributed by atoms with Gasteiger partial charge in [0.05, 0.1) is 22.7 Å². The maximum absolute atomic E-state index is 13.8. The lowest BCUT2D eigenvalue weighted by Crippen LogP contribution is -2.07. The largest absolute Gasteiger partial charge is 0.496 e. The normalized spacial score (nSPS) is 10.4. The van der Waals surface area contributed by atoms with Crippen LogP contribution in [0.1, 0.15) is 15.9 Å². The minimum Gasteiger partial charge on any atom is -0.496 e. The Morgan fingerprint density at radius 1 is 1.05 bits per heavy atom. The van der Waals surface area contributed by atoms with E-state index in [9.17, 15) is 13.6 Å². The first-order valence-corrected chi connectivity index (χ1v) is 7.05. The van der Waals surface area contributed by atoms with Gasteiger partial charge < -0.3 is 4.74 Å². The molecule has 0 atom stereocenters. The van der Waals surface area contributed by atoms with Crippen molar-refractivity contribution in [1.82, 2.24) is 0 Å². The number of hydrogen-bond acceptors (Lipinski definition) is 2. The van der Waals surface area contributed by atoms with Gasteiger partial charge in [-0.25, -0.2) is 8.78 Å². The third-order valence-electron chi connectivity index (χ3n) is 2.66. The van der Waals surface area contributed by atoms with Crippen molar-refractivity contribution >= 4 is 37.6 Å². The summed E-state index contributed by atoms with van der Waals surface area (Å²) < 4.78 is 33.1. The highest BCUT2D eigenvalue weighted by molar-refractivity contribution is 9.10. The summed E-state index contributed by atoms with van der Waals surface area (Å²) in [5.74, 6) is -1.86. The summed E-state index contributed by atoms with van der Waals surface area (Å²) in [6.07, 6.45) is 0. The van der Waals surface area contributed by atoms with Gasteiger partial charge in [-0.05, 0) is 46.3 Å². The summed E-state index contributed by atoms with van der Waals surface area (Å²) in [5.41, 5.74) is -0.178. The molecule has 0 aliphatic carbocycles. The standard InChI is InChI=1S/C14H8Br2F2O2/c1-20-13-4-7(15)2-3-8(13)14(19)9-5-12(18)10(16)6-11(9)17/h2-6H,1H3. The number of rotatable bonds is 3. The molecule has 0 saturated carbocycles. The van der Waals surface area contributed by atoms with E-state index in [1.807, 2.05) is 0 Å². The quantitative estimate of drug-likeness (QED) is 0.545. The monoisotopic (exact) mass is 404 g/mol. The molecule has 0 heterocycles. The van der Waals surface area contributed by atoms with Gasteiger partial charge in [0, 0.05) is 4.47 Å². The summed E-state index contributed by atoms with van der Waals surface area (Å²) in [6, 6.07) is 6.49. The highest BCUT2D eigenvalue weighted by atomic mass is 79.9. The lowest BCUT2D eigenvalue weighted by molar-refractivity contribution is 0.103. The highest BCUT2D eigenvalue weighted by Crippen LogP contribution is 2.28. The van der Waals surface area contributed by atoms with Gasteiger partial charge in [0.2, 0.25) is 0 Å². The molecule has 0 bridgehead atoms. The summed E-state index contributed by atoms with van der Waals surface area (Å²) in [5, 5.41) is 0. The van der Waals surface area contributed by atoms with Crippen LogP contribution >= 0.6 is 31.9 Å². The van der Waals surface area contributed by atoms with Crippen molar-refractivity contribution in [3.63, 3.8) is 0 Å². The molecule has 0 N–H and O–H groups in total. The summed E-state index contributed by atoms with van der Waals surface area (Å²) in [7, 11) is 1.40. The van der Waals surface area contributed by atoms with E-state index in [2.05, 4.69) is 31.9 Å². The Morgan fingerprint density at radius 2 is 1.75 bits per heavy atom. The van der Waals surface area contributed by atoms with Crippen LogP contribution in [0.15, 0.2) is 39.3 Å². The minimum absolute atomic E-state index is 0.0330. The van der Waals surface area contributed by atoms with E-state index >= 15 is 0 Å². The SMILES string of the molecule is COc1cc(Br)ccc1C(=O)c1cc(F)c(Br)cc1F. The molecule has 20 heavy (non-hydrogen) atoms. The molecule has 2 aromatic rings. The third kappa shape index (κ3) is 2.91. The van der Waals surface area contributed by atoms with Crippen LogP contribution in [0, 0.1) is 11.6 Å². The van der Waals surface area contributed by atoms with Crippen LogP contribution in [-0.4, -0.2) is 12.9 Å². The number of carbonyl (C=O) groups is 1. The van der Waals surface area contributed by atoms with Crippen LogP contribution in [-0.2, 0) is 0 Å². The Bertz CT molecular complexity index is 687. The topological polar surface area (TPSA) is 26.3 Å². The first kappa shape index (κ1) is 15.1. The van der Waals surface area contributed by atoms with Crippen molar-refractivity contribution in [2.24, 2.45) is 0 Å². The fraction of sp³-hybridized carbons (Fsp3) is 0.0714. The number of halogens is 4. The first-order valence-electron chi connectivity index (χ1n) is 5.47. The molecular formula is C14H8Br2F2O2. The van der Waals surface area contributed by atoms with E-state index < -0.39 is 17.4 Å². The molecule has 2 aromatic carbocycles. The van der Waals surface area contributed by atoms with Gasteiger partial charge in [0.15, 0.2) is 5.78 Å². The molecule has 0 aliphatic heterocycles. The smallest absolute Gasteiger partial charge is 0.199 e. The zero-order valence-electron chi connectivity index (χ0n) is 10.2. The Labute approximate surface area is 131 Å². The van der Waals surface area contributed by atoms with Crippen LogP contribution in [0.3, 0.4) is 0 Å². The van der Waals surface area contributed by atoms with E-state index in [4.69, 9.17) is 4.74 Å². The lowest BCUT2D eigenvalue weighted by atomic mass is 10.0. The average molecular weight is 406 g/mol. The molecular weight excluding hydrogens is 398 g/mol. The molecule has 104 valence electrons. The zero-order chi connectivity index (χ0) is 14.9. The summed E-state index contributed by atoms with van der Waals surface area (Å²) in [6.45, 7) is 0. The van der Waals surface area contributed by atoms with Crippen LogP contribution in [0.25, 0.3) is 0 Å². The second-order valence-corrected chi connectivity index (χ2v) is 5.69. The molecule has 6 heteroatoms.